The first kappa shape index (κ1) is 25.0. The lowest BCUT2D eigenvalue weighted by atomic mass is 9.65. The SMILES string of the molecule is C=C[N+](=O)N(Cc1ccc(C(=O)OC)cc1)C1(CC(O)CO)CCC(C(C)(C)C)CC1. The fourth-order valence-corrected chi connectivity index (χ4v) is 4.67. The lowest BCUT2D eigenvalue weighted by Crippen LogP contribution is -2.55. The van der Waals surface area contributed by atoms with E-state index in [4.69, 9.17) is 4.74 Å². The molecule has 0 spiro atoms. The third-order valence-corrected chi connectivity index (χ3v) is 6.62. The maximum absolute atomic E-state index is 12.9. The molecule has 0 amide bonds. The number of nitroso groups, excluding NO2 is 1. The van der Waals surface area contributed by atoms with Crippen molar-refractivity contribution in [3.63, 3.8) is 0 Å². The minimum Gasteiger partial charge on any atom is -0.465 e. The van der Waals surface area contributed by atoms with Crippen LogP contribution < -0.4 is 0 Å². The molecule has 0 aliphatic heterocycles. The van der Waals surface area contributed by atoms with Crippen LogP contribution in [0.2, 0.25) is 0 Å². The van der Waals surface area contributed by atoms with Crippen molar-refractivity contribution in [3.05, 3.63) is 53.1 Å². The van der Waals surface area contributed by atoms with Crippen LogP contribution in [0, 0.1) is 16.2 Å². The maximum atomic E-state index is 12.9. The highest BCUT2D eigenvalue weighted by Gasteiger charge is 2.49. The summed E-state index contributed by atoms with van der Waals surface area (Å²) in [6.07, 6.45) is 3.96. The van der Waals surface area contributed by atoms with Gasteiger partial charge in [-0.25, -0.2) is 4.79 Å². The molecule has 1 fully saturated rings. The van der Waals surface area contributed by atoms with Crippen LogP contribution in [0.25, 0.3) is 0 Å². The van der Waals surface area contributed by atoms with Gasteiger partial charge in [0.15, 0.2) is 4.87 Å². The number of rotatable bonds is 9. The molecule has 1 aliphatic carbocycles. The Morgan fingerprint density at radius 3 is 2.35 bits per heavy atom. The normalized spacial score (nSPS) is 22.5. The molecule has 172 valence electrons. The first-order chi connectivity index (χ1) is 14.6. The van der Waals surface area contributed by atoms with Crippen molar-refractivity contribution < 1.29 is 24.6 Å². The number of carbonyl (C=O) groups is 1. The number of hydrogen-bond acceptors (Lipinski definition) is 5. The van der Waals surface area contributed by atoms with Crippen molar-refractivity contribution in [1.82, 2.24) is 5.01 Å². The van der Waals surface area contributed by atoms with Gasteiger partial charge in [-0.05, 0) is 61.3 Å². The van der Waals surface area contributed by atoms with E-state index in [0.717, 1.165) is 36.1 Å². The number of hydrogen-bond donors (Lipinski definition) is 2. The molecule has 1 saturated carbocycles. The van der Waals surface area contributed by atoms with Crippen LogP contribution in [0.1, 0.15) is 68.8 Å². The predicted octanol–water partition coefficient (Wildman–Crippen LogP) is 3.83. The summed E-state index contributed by atoms with van der Waals surface area (Å²) in [6.45, 7) is 10.3. The molecule has 1 aromatic rings. The number of esters is 1. The summed E-state index contributed by atoms with van der Waals surface area (Å²) in [5, 5.41) is 21.5. The summed E-state index contributed by atoms with van der Waals surface area (Å²) in [7, 11) is 1.33. The average molecular weight is 434 g/mol. The largest absolute Gasteiger partial charge is 0.465 e. The molecule has 1 atom stereocenters. The zero-order valence-electron chi connectivity index (χ0n) is 19.2. The monoisotopic (exact) mass is 433 g/mol. The van der Waals surface area contributed by atoms with E-state index < -0.39 is 17.6 Å². The number of benzene rings is 1. The van der Waals surface area contributed by atoms with E-state index in [-0.39, 0.29) is 12.0 Å². The Labute approximate surface area is 185 Å². The maximum Gasteiger partial charge on any atom is 0.337 e. The van der Waals surface area contributed by atoms with E-state index in [1.807, 2.05) is 0 Å². The summed E-state index contributed by atoms with van der Waals surface area (Å²) in [6, 6.07) is 6.95. The van der Waals surface area contributed by atoms with E-state index in [2.05, 4.69) is 27.4 Å². The smallest absolute Gasteiger partial charge is 0.337 e. The Morgan fingerprint density at radius 1 is 1.32 bits per heavy atom. The molecule has 0 heterocycles. The second-order valence-corrected chi connectivity index (χ2v) is 9.64. The van der Waals surface area contributed by atoms with Crippen molar-refractivity contribution in [2.24, 2.45) is 11.3 Å². The van der Waals surface area contributed by atoms with Crippen molar-refractivity contribution in [3.8, 4) is 0 Å². The van der Waals surface area contributed by atoms with Gasteiger partial charge in [-0.15, -0.1) is 5.01 Å². The van der Waals surface area contributed by atoms with Crippen molar-refractivity contribution in [1.29, 1.82) is 0 Å². The number of hydrazine groups is 1. The summed E-state index contributed by atoms with van der Waals surface area (Å²) >= 11 is 0. The third kappa shape index (κ3) is 6.14. The number of methoxy groups -OCH3 is 1. The fraction of sp³-hybridized carbons (Fsp3) is 0.625. The molecule has 2 rings (SSSR count). The number of carbonyl (C=O) groups excluding carboxylic acids is 1. The van der Waals surface area contributed by atoms with E-state index >= 15 is 0 Å². The molecular weight excluding hydrogens is 396 g/mol. The zero-order chi connectivity index (χ0) is 23.2. The number of aliphatic hydroxyl groups is 2. The fourth-order valence-electron chi connectivity index (χ4n) is 4.67. The van der Waals surface area contributed by atoms with Gasteiger partial charge in [-0.1, -0.05) is 32.9 Å². The highest BCUT2D eigenvalue weighted by Crippen LogP contribution is 2.46. The van der Waals surface area contributed by atoms with Crippen LogP contribution in [0.15, 0.2) is 37.0 Å². The van der Waals surface area contributed by atoms with Crippen molar-refractivity contribution >= 4 is 5.97 Å². The molecule has 2 N–H and O–H groups in total. The average Bonchev–Trinajstić information content (AvgIpc) is 2.76. The van der Waals surface area contributed by atoms with Gasteiger partial charge in [0, 0.05) is 6.42 Å². The highest BCUT2D eigenvalue weighted by molar-refractivity contribution is 5.89. The van der Waals surface area contributed by atoms with E-state index in [9.17, 15) is 19.9 Å². The molecule has 31 heavy (non-hydrogen) atoms. The molecule has 7 nitrogen and oxygen atoms in total. The molecule has 0 aromatic heterocycles. The summed E-state index contributed by atoms with van der Waals surface area (Å²) < 4.78 is 4.75. The van der Waals surface area contributed by atoms with E-state index in [1.165, 1.54) is 13.3 Å². The molecule has 7 heteroatoms. The minimum absolute atomic E-state index is 0.173. The highest BCUT2D eigenvalue weighted by atomic mass is 16.5. The van der Waals surface area contributed by atoms with Crippen molar-refractivity contribution in [2.45, 2.75) is 71.1 Å². The summed E-state index contributed by atoms with van der Waals surface area (Å²) in [5.74, 6) is 0.111. The lowest BCUT2D eigenvalue weighted by Gasteiger charge is -2.46. The van der Waals surface area contributed by atoms with Crippen LogP contribution in [0.4, 0.5) is 0 Å². The molecule has 0 radical (unpaired) electrons. The molecule has 0 saturated heterocycles. The minimum atomic E-state index is -0.909. The van der Waals surface area contributed by atoms with Gasteiger partial charge in [0.1, 0.15) is 12.1 Å². The number of aliphatic hydroxyl groups excluding tert-OH is 2. The first-order valence-corrected chi connectivity index (χ1v) is 10.9. The molecule has 0 bridgehead atoms. The van der Waals surface area contributed by atoms with E-state index in [0.29, 0.717) is 24.4 Å². The van der Waals surface area contributed by atoms with Gasteiger partial charge in [0.05, 0.1) is 30.3 Å². The van der Waals surface area contributed by atoms with Crippen LogP contribution in [-0.2, 0) is 11.3 Å². The van der Waals surface area contributed by atoms with Crippen LogP contribution in [0.5, 0.6) is 0 Å². The predicted molar refractivity (Wildman–Crippen MR) is 119 cm³/mol. The van der Waals surface area contributed by atoms with Crippen LogP contribution >= 0.6 is 0 Å². The van der Waals surface area contributed by atoms with E-state index in [1.54, 1.807) is 29.3 Å². The molecule has 1 aliphatic rings. The summed E-state index contributed by atoms with van der Waals surface area (Å²) in [5.41, 5.74) is 0.870. The molecule has 1 aromatic carbocycles. The second kappa shape index (κ2) is 10.4. The Bertz CT molecular complexity index is 761. The second-order valence-electron chi connectivity index (χ2n) is 9.64. The Hall–Kier alpha value is -2.25. The Kier molecular flexibility index (Phi) is 8.37. The van der Waals surface area contributed by atoms with Gasteiger partial charge < -0.3 is 14.9 Å². The third-order valence-electron chi connectivity index (χ3n) is 6.62. The number of ether oxygens (including phenoxy) is 1. The van der Waals surface area contributed by atoms with Gasteiger partial charge in [0.25, 0.3) is 0 Å². The van der Waals surface area contributed by atoms with Gasteiger partial charge in [0.2, 0.25) is 6.20 Å². The van der Waals surface area contributed by atoms with Gasteiger partial charge in [-0.3, -0.25) is 0 Å². The topological polar surface area (TPSA) is 90.1 Å². The zero-order valence-corrected chi connectivity index (χ0v) is 19.2. The molecule has 1 unspecified atom stereocenters. The van der Waals surface area contributed by atoms with Crippen LogP contribution in [-0.4, -0.2) is 51.4 Å². The number of nitrogens with zero attached hydrogens (tertiary/aromatic N) is 2. The van der Waals surface area contributed by atoms with Gasteiger partial charge >= 0.3 is 5.97 Å². The van der Waals surface area contributed by atoms with Crippen molar-refractivity contribution in [2.75, 3.05) is 13.7 Å². The standard InChI is InChI=1S/C24H37N2O5/c1-6-26(30)25(16-18-7-9-19(10-8-18)22(29)31-5)24(15-21(28)17-27)13-11-20(12-14-24)23(2,3)4/h6-10,20-21,27-28H,1,11-17H2,2-5H3/q+1. The lowest BCUT2D eigenvalue weighted by molar-refractivity contribution is -0.680. The summed E-state index contributed by atoms with van der Waals surface area (Å²) in [4.78, 5) is 25.4. The first-order valence-electron chi connectivity index (χ1n) is 10.9. The Balaban J connectivity index is 2.34. The quantitative estimate of drug-likeness (QED) is 0.349. The van der Waals surface area contributed by atoms with Crippen LogP contribution in [0.3, 0.4) is 0 Å². The van der Waals surface area contributed by atoms with Gasteiger partial charge in [-0.2, -0.15) is 0 Å². The molecular formula is C24H37N2O5+. The Morgan fingerprint density at radius 2 is 1.90 bits per heavy atom.